The van der Waals surface area contributed by atoms with Gasteiger partial charge in [0, 0.05) is 11.8 Å². The molecule has 2 unspecified atom stereocenters. The van der Waals surface area contributed by atoms with Crippen molar-refractivity contribution in [2.24, 2.45) is 0 Å². The van der Waals surface area contributed by atoms with E-state index in [9.17, 15) is 5.11 Å². The molecule has 2 atom stereocenters. The first kappa shape index (κ1) is 10.7. The van der Waals surface area contributed by atoms with E-state index in [0.29, 0.717) is 0 Å². The van der Waals surface area contributed by atoms with Crippen LogP contribution in [0.3, 0.4) is 0 Å². The number of hydrogen-bond acceptors (Lipinski definition) is 5. The highest BCUT2D eigenvalue weighted by Crippen LogP contribution is 2.22. The van der Waals surface area contributed by atoms with E-state index in [1.165, 1.54) is 18.3 Å². The monoisotopic (exact) mass is 213 g/mol. The van der Waals surface area contributed by atoms with Crippen molar-refractivity contribution >= 4 is 17.3 Å². The molecule has 0 fully saturated rings. The summed E-state index contributed by atoms with van der Waals surface area (Å²) >= 11 is 5.55. The van der Waals surface area contributed by atoms with Gasteiger partial charge in [0.15, 0.2) is 11.3 Å². The second-order valence-corrected chi connectivity index (χ2v) is 3.03. The van der Waals surface area contributed by atoms with E-state index in [4.69, 9.17) is 27.7 Å². The molecule has 1 heterocycles. The summed E-state index contributed by atoms with van der Waals surface area (Å²) in [7, 11) is 0. The minimum absolute atomic E-state index is 0.118. The van der Waals surface area contributed by atoms with E-state index in [1.54, 1.807) is 0 Å². The smallest absolute Gasteiger partial charge is 0.170 e. The Hall–Kier alpha value is -1.35. The van der Waals surface area contributed by atoms with Gasteiger partial charge in [0.1, 0.15) is 6.10 Å². The standard InChI is InChI=1S/C8H8ClN3O2/c9-8-5(11)1-4(3-12-8)7(14)6(13)2-10/h1,3,6-7,13-14H,11H2. The van der Waals surface area contributed by atoms with Gasteiger partial charge < -0.3 is 15.9 Å². The van der Waals surface area contributed by atoms with Gasteiger partial charge in [-0.25, -0.2) is 4.98 Å². The third kappa shape index (κ3) is 2.12. The van der Waals surface area contributed by atoms with Gasteiger partial charge in [-0.1, -0.05) is 11.6 Å². The Kier molecular flexibility index (Phi) is 3.25. The minimum Gasteiger partial charge on any atom is -0.396 e. The van der Waals surface area contributed by atoms with Crippen LogP contribution in [-0.4, -0.2) is 21.3 Å². The number of aliphatic hydroxyl groups is 2. The Bertz CT molecular complexity index is 377. The van der Waals surface area contributed by atoms with Gasteiger partial charge >= 0.3 is 0 Å². The lowest BCUT2D eigenvalue weighted by Gasteiger charge is -2.11. The minimum atomic E-state index is -1.50. The molecule has 0 aliphatic heterocycles. The van der Waals surface area contributed by atoms with Gasteiger partial charge in [0.05, 0.1) is 11.8 Å². The Morgan fingerprint density at radius 2 is 2.21 bits per heavy atom. The largest absolute Gasteiger partial charge is 0.396 e. The highest BCUT2D eigenvalue weighted by molar-refractivity contribution is 6.31. The molecule has 0 radical (unpaired) electrons. The summed E-state index contributed by atoms with van der Waals surface area (Å²) in [6.45, 7) is 0. The van der Waals surface area contributed by atoms with Crippen molar-refractivity contribution < 1.29 is 10.2 Å². The summed E-state index contributed by atoms with van der Waals surface area (Å²) in [5.74, 6) is 0. The number of rotatable bonds is 2. The van der Waals surface area contributed by atoms with Gasteiger partial charge in [0.2, 0.25) is 0 Å². The number of nitrogen functional groups attached to an aromatic ring is 1. The van der Waals surface area contributed by atoms with E-state index in [2.05, 4.69) is 4.98 Å². The van der Waals surface area contributed by atoms with Crippen LogP contribution in [0.1, 0.15) is 11.7 Å². The lowest BCUT2D eigenvalue weighted by Crippen LogP contribution is -2.16. The molecule has 6 heteroatoms. The molecular formula is C8H8ClN3O2. The quantitative estimate of drug-likeness (QED) is 0.482. The van der Waals surface area contributed by atoms with Gasteiger partial charge in [-0.15, -0.1) is 0 Å². The van der Waals surface area contributed by atoms with Gasteiger partial charge in [-0.2, -0.15) is 5.26 Å². The molecular weight excluding hydrogens is 206 g/mol. The second-order valence-electron chi connectivity index (χ2n) is 2.67. The van der Waals surface area contributed by atoms with E-state index in [1.807, 2.05) is 0 Å². The second kappa shape index (κ2) is 4.24. The number of nitrogens with two attached hydrogens (primary N) is 1. The fraction of sp³-hybridized carbons (Fsp3) is 0.250. The first-order valence-electron chi connectivity index (χ1n) is 3.73. The summed E-state index contributed by atoms with van der Waals surface area (Å²) < 4.78 is 0. The van der Waals surface area contributed by atoms with Crippen LogP contribution in [0.2, 0.25) is 5.15 Å². The first-order valence-corrected chi connectivity index (χ1v) is 4.10. The predicted octanol–water partition coefficient (Wildman–Crippen LogP) is 0.235. The van der Waals surface area contributed by atoms with Gasteiger partial charge in [-0.3, -0.25) is 0 Å². The van der Waals surface area contributed by atoms with Crippen molar-refractivity contribution in [3.8, 4) is 6.07 Å². The fourth-order valence-corrected chi connectivity index (χ4v) is 1.00. The molecule has 0 aliphatic rings. The van der Waals surface area contributed by atoms with Crippen molar-refractivity contribution in [2.45, 2.75) is 12.2 Å². The maximum absolute atomic E-state index is 9.39. The number of anilines is 1. The number of nitriles is 1. The first-order chi connectivity index (χ1) is 6.56. The molecule has 4 N–H and O–H groups in total. The van der Waals surface area contributed by atoms with Gasteiger partial charge in [0.25, 0.3) is 0 Å². The molecule has 74 valence electrons. The third-order valence-corrected chi connectivity index (χ3v) is 1.98. The molecule has 0 aromatic carbocycles. The fourth-order valence-electron chi connectivity index (χ4n) is 0.897. The molecule has 1 aromatic heterocycles. The number of nitrogens with zero attached hydrogens (tertiary/aromatic N) is 2. The number of pyridine rings is 1. The summed E-state index contributed by atoms with van der Waals surface area (Å²) in [5.41, 5.74) is 5.87. The summed E-state index contributed by atoms with van der Waals surface area (Å²) in [6.07, 6.45) is -1.58. The maximum Gasteiger partial charge on any atom is 0.170 e. The topological polar surface area (TPSA) is 103 Å². The lowest BCUT2D eigenvalue weighted by atomic mass is 10.1. The molecule has 0 aliphatic carbocycles. The summed E-state index contributed by atoms with van der Waals surface area (Å²) in [6, 6.07) is 2.86. The van der Waals surface area contributed by atoms with Crippen LogP contribution in [0.5, 0.6) is 0 Å². The zero-order chi connectivity index (χ0) is 10.7. The SMILES string of the molecule is N#CC(O)C(O)c1cnc(Cl)c(N)c1. The zero-order valence-electron chi connectivity index (χ0n) is 7.05. The number of aliphatic hydroxyl groups excluding tert-OH is 2. The molecule has 14 heavy (non-hydrogen) atoms. The maximum atomic E-state index is 9.39. The van der Waals surface area contributed by atoms with E-state index in [-0.39, 0.29) is 16.4 Å². The molecule has 0 amide bonds. The lowest BCUT2D eigenvalue weighted by molar-refractivity contribution is 0.0526. The number of hydrogen-bond donors (Lipinski definition) is 3. The highest BCUT2D eigenvalue weighted by atomic mass is 35.5. The molecule has 0 saturated heterocycles. The normalized spacial score (nSPS) is 14.4. The highest BCUT2D eigenvalue weighted by Gasteiger charge is 2.18. The van der Waals surface area contributed by atoms with E-state index in [0.717, 1.165) is 0 Å². The van der Waals surface area contributed by atoms with Crippen molar-refractivity contribution in [1.82, 2.24) is 4.98 Å². The van der Waals surface area contributed by atoms with E-state index >= 15 is 0 Å². The van der Waals surface area contributed by atoms with Crippen LogP contribution in [0.4, 0.5) is 5.69 Å². The molecule has 1 aromatic rings. The van der Waals surface area contributed by atoms with Crippen molar-refractivity contribution in [3.63, 3.8) is 0 Å². The Morgan fingerprint density at radius 3 is 2.71 bits per heavy atom. The molecule has 0 saturated carbocycles. The average Bonchev–Trinajstić information content (AvgIpc) is 2.20. The van der Waals surface area contributed by atoms with Crippen LogP contribution >= 0.6 is 11.6 Å². The number of aromatic nitrogens is 1. The average molecular weight is 214 g/mol. The summed E-state index contributed by atoms with van der Waals surface area (Å²) in [4.78, 5) is 3.68. The Balaban J connectivity index is 2.98. The van der Waals surface area contributed by atoms with Crippen LogP contribution in [0, 0.1) is 11.3 Å². The summed E-state index contributed by atoms with van der Waals surface area (Å²) in [5, 5.41) is 26.9. The van der Waals surface area contributed by atoms with Crippen LogP contribution < -0.4 is 5.73 Å². The van der Waals surface area contributed by atoms with Crippen LogP contribution in [-0.2, 0) is 0 Å². The van der Waals surface area contributed by atoms with Crippen molar-refractivity contribution in [3.05, 3.63) is 23.0 Å². The predicted molar refractivity (Wildman–Crippen MR) is 50.2 cm³/mol. The Morgan fingerprint density at radius 1 is 1.57 bits per heavy atom. The van der Waals surface area contributed by atoms with Crippen LogP contribution in [0.15, 0.2) is 12.3 Å². The zero-order valence-corrected chi connectivity index (χ0v) is 7.81. The molecule has 5 nitrogen and oxygen atoms in total. The van der Waals surface area contributed by atoms with Crippen molar-refractivity contribution in [1.29, 1.82) is 5.26 Å². The third-order valence-electron chi connectivity index (χ3n) is 1.66. The number of halogens is 1. The molecule has 0 spiro atoms. The molecule has 1 rings (SSSR count). The van der Waals surface area contributed by atoms with Gasteiger partial charge in [-0.05, 0) is 6.07 Å². The molecule has 0 bridgehead atoms. The van der Waals surface area contributed by atoms with Crippen molar-refractivity contribution in [2.75, 3.05) is 5.73 Å². The Labute approximate surface area is 85.4 Å². The van der Waals surface area contributed by atoms with E-state index < -0.39 is 12.2 Å². The van der Waals surface area contributed by atoms with Crippen LogP contribution in [0.25, 0.3) is 0 Å².